The molecule has 6 nitrogen and oxygen atoms in total. The fraction of sp³-hybridized carbons (Fsp3) is 0.778. The van der Waals surface area contributed by atoms with Gasteiger partial charge in [0.15, 0.2) is 0 Å². The fourth-order valence-electron chi connectivity index (χ4n) is 1.67. The van der Waals surface area contributed by atoms with Gasteiger partial charge in [0.25, 0.3) is 0 Å². The van der Waals surface area contributed by atoms with Crippen molar-refractivity contribution < 1.29 is 24.4 Å². The highest BCUT2D eigenvalue weighted by atomic mass is 16.5. The third-order valence-electron chi connectivity index (χ3n) is 2.55. The van der Waals surface area contributed by atoms with Gasteiger partial charge in [0.05, 0.1) is 18.5 Å². The molecule has 0 aromatic carbocycles. The molecule has 90 valence electrons. The number of amides is 1. The smallest absolute Gasteiger partial charge is 0.478 e. The van der Waals surface area contributed by atoms with Crippen LogP contribution in [0, 0.1) is 0 Å². The minimum Gasteiger partial charge on any atom is -0.481 e. The molecule has 2 atom stereocenters. The third kappa shape index (κ3) is 3.82. The first-order valence-electron chi connectivity index (χ1n) is 5.37. The summed E-state index contributed by atoms with van der Waals surface area (Å²) in [5.41, 5.74) is 0. The van der Waals surface area contributed by atoms with Gasteiger partial charge >= 0.3 is 13.1 Å². The lowest BCUT2D eigenvalue weighted by molar-refractivity contribution is -0.139. The Morgan fingerprint density at radius 2 is 2.19 bits per heavy atom. The first-order valence-corrected chi connectivity index (χ1v) is 5.37. The lowest BCUT2D eigenvalue weighted by Gasteiger charge is -2.30. The van der Waals surface area contributed by atoms with Gasteiger partial charge in [-0.3, -0.25) is 9.59 Å². The minimum atomic E-state index is -1.12. The van der Waals surface area contributed by atoms with E-state index in [0.717, 1.165) is 0 Å². The maximum atomic E-state index is 11.1. The van der Waals surface area contributed by atoms with Crippen molar-refractivity contribution in [1.29, 1.82) is 0 Å². The van der Waals surface area contributed by atoms with Gasteiger partial charge < -0.3 is 20.1 Å². The van der Waals surface area contributed by atoms with Gasteiger partial charge in [-0.1, -0.05) is 6.92 Å². The zero-order valence-electron chi connectivity index (χ0n) is 9.18. The van der Waals surface area contributed by atoms with Crippen LogP contribution in [0.1, 0.15) is 32.6 Å². The molecule has 1 amide bonds. The molecule has 7 heteroatoms. The first kappa shape index (κ1) is 13.0. The molecule has 0 bridgehead atoms. The standard InChI is InChI=1S/C9H16BNO5/c1-2-8(12)11-7-4-3-6(5-9(13)14)16-10(7)15/h6-7,15H,2-5H2,1H3,(H,11,12)(H,13,14)/t6-,7-/m0/s1. The van der Waals surface area contributed by atoms with Crippen LogP contribution in [0.2, 0.25) is 0 Å². The topological polar surface area (TPSA) is 95.9 Å². The molecular formula is C9H16BNO5. The molecule has 1 aliphatic rings. The number of carbonyl (C=O) groups is 2. The number of aliphatic carboxylic acids is 1. The number of rotatable bonds is 4. The van der Waals surface area contributed by atoms with E-state index in [2.05, 4.69) is 5.32 Å². The lowest BCUT2D eigenvalue weighted by atomic mass is 9.72. The fourth-order valence-corrected chi connectivity index (χ4v) is 1.67. The second kappa shape index (κ2) is 5.86. The highest BCUT2D eigenvalue weighted by Gasteiger charge is 2.36. The van der Waals surface area contributed by atoms with Crippen LogP contribution in [0.3, 0.4) is 0 Å². The van der Waals surface area contributed by atoms with Crippen LogP contribution in [0.4, 0.5) is 0 Å². The Morgan fingerprint density at radius 1 is 1.50 bits per heavy atom. The number of carboxylic acid groups (broad SMARTS) is 1. The Bertz CT molecular complexity index is 273. The summed E-state index contributed by atoms with van der Waals surface area (Å²) < 4.78 is 5.12. The van der Waals surface area contributed by atoms with E-state index in [9.17, 15) is 14.6 Å². The molecule has 3 N–H and O–H groups in total. The highest BCUT2D eigenvalue weighted by molar-refractivity contribution is 6.45. The normalized spacial score (nSPS) is 25.2. The molecule has 1 aliphatic heterocycles. The van der Waals surface area contributed by atoms with E-state index in [0.29, 0.717) is 19.3 Å². The van der Waals surface area contributed by atoms with Crippen LogP contribution in [0.15, 0.2) is 0 Å². The van der Waals surface area contributed by atoms with Gasteiger partial charge in [0, 0.05) is 6.42 Å². The molecule has 0 unspecified atom stereocenters. The van der Waals surface area contributed by atoms with E-state index in [1.165, 1.54) is 0 Å². The summed E-state index contributed by atoms with van der Waals surface area (Å²) in [7, 11) is -1.12. The van der Waals surface area contributed by atoms with Gasteiger partial charge in [-0.25, -0.2) is 0 Å². The van der Waals surface area contributed by atoms with Crippen molar-refractivity contribution in [1.82, 2.24) is 5.32 Å². The summed E-state index contributed by atoms with van der Waals surface area (Å²) in [6.45, 7) is 1.72. The summed E-state index contributed by atoms with van der Waals surface area (Å²) in [6, 6.07) is 0. The van der Waals surface area contributed by atoms with Crippen LogP contribution in [0.25, 0.3) is 0 Å². The molecule has 0 aromatic heterocycles. The molecule has 0 aliphatic carbocycles. The largest absolute Gasteiger partial charge is 0.481 e. The van der Waals surface area contributed by atoms with Crippen LogP contribution in [0.5, 0.6) is 0 Å². The summed E-state index contributed by atoms with van der Waals surface area (Å²) >= 11 is 0. The molecule has 0 radical (unpaired) electrons. The summed E-state index contributed by atoms with van der Waals surface area (Å²) in [6.07, 6.45) is 0.818. The van der Waals surface area contributed by atoms with Crippen molar-refractivity contribution in [3.63, 3.8) is 0 Å². The summed E-state index contributed by atoms with van der Waals surface area (Å²) in [4.78, 5) is 21.6. The van der Waals surface area contributed by atoms with Crippen LogP contribution < -0.4 is 5.32 Å². The Balaban J connectivity index is 2.39. The van der Waals surface area contributed by atoms with E-state index >= 15 is 0 Å². The Morgan fingerprint density at radius 3 is 2.69 bits per heavy atom. The summed E-state index contributed by atoms with van der Waals surface area (Å²) in [5, 5.41) is 20.8. The molecule has 16 heavy (non-hydrogen) atoms. The molecule has 1 saturated heterocycles. The SMILES string of the molecule is CCC(=O)N[C@H]1CC[C@@H](CC(=O)O)OB1O. The Labute approximate surface area is 94.1 Å². The maximum Gasteiger partial charge on any atom is 0.478 e. The zero-order chi connectivity index (χ0) is 12.1. The van der Waals surface area contributed by atoms with Gasteiger partial charge in [-0.05, 0) is 12.8 Å². The van der Waals surface area contributed by atoms with E-state index in [1.54, 1.807) is 6.92 Å². The molecule has 1 rings (SSSR count). The second-order valence-electron chi connectivity index (χ2n) is 3.85. The molecule has 1 fully saturated rings. The van der Waals surface area contributed by atoms with Crippen LogP contribution in [-0.4, -0.2) is 41.2 Å². The molecule has 0 spiro atoms. The van der Waals surface area contributed by atoms with Gasteiger partial charge in [-0.15, -0.1) is 0 Å². The van der Waals surface area contributed by atoms with E-state index in [4.69, 9.17) is 9.76 Å². The predicted molar refractivity (Wildman–Crippen MR) is 56.6 cm³/mol. The molecule has 1 heterocycles. The van der Waals surface area contributed by atoms with Gasteiger partial charge in [0.2, 0.25) is 5.91 Å². The number of hydrogen-bond donors (Lipinski definition) is 3. The number of nitrogens with one attached hydrogen (secondary N) is 1. The highest BCUT2D eigenvalue weighted by Crippen LogP contribution is 2.18. The molecular weight excluding hydrogens is 213 g/mol. The molecule has 0 saturated carbocycles. The number of hydrogen-bond acceptors (Lipinski definition) is 4. The number of carboxylic acids is 1. The van der Waals surface area contributed by atoms with Crippen molar-refractivity contribution in [3.8, 4) is 0 Å². The predicted octanol–water partition coefficient (Wildman–Crippen LogP) is -0.445. The molecule has 0 aromatic rings. The Hall–Kier alpha value is -1.08. The van der Waals surface area contributed by atoms with Crippen molar-refractivity contribution >= 4 is 19.0 Å². The zero-order valence-corrected chi connectivity index (χ0v) is 9.18. The average molecular weight is 229 g/mol. The monoisotopic (exact) mass is 229 g/mol. The minimum absolute atomic E-state index is 0.120. The van der Waals surface area contributed by atoms with E-state index in [-0.39, 0.29) is 12.3 Å². The Kier molecular flexibility index (Phi) is 4.76. The first-order chi connectivity index (χ1) is 7.52. The number of carbonyl (C=O) groups excluding carboxylic acids is 1. The second-order valence-corrected chi connectivity index (χ2v) is 3.85. The quantitative estimate of drug-likeness (QED) is 0.567. The average Bonchev–Trinajstić information content (AvgIpc) is 2.21. The van der Waals surface area contributed by atoms with Crippen molar-refractivity contribution in [2.75, 3.05) is 0 Å². The van der Waals surface area contributed by atoms with Gasteiger partial charge in [0.1, 0.15) is 0 Å². The van der Waals surface area contributed by atoms with Crippen molar-refractivity contribution in [2.24, 2.45) is 0 Å². The lowest BCUT2D eigenvalue weighted by Crippen LogP contribution is -2.52. The summed E-state index contributed by atoms with van der Waals surface area (Å²) in [5.74, 6) is -1.53. The van der Waals surface area contributed by atoms with Gasteiger partial charge in [-0.2, -0.15) is 0 Å². The van der Waals surface area contributed by atoms with Crippen molar-refractivity contribution in [3.05, 3.63) is 0 Å². The van der Waals surface area contributed by atoms with E-state index < -0.39 is 25.1 Å². The van der Waals surface area contributed by atoms with E-state index in [1.807, 2.05) is 0 Å². The third-order valence-corrected chi connectivity index (χ3v) is 2.55. The van der Waals surface area contributed by atoms with Crippen molar-refractivity contribution in [2.45, 2.75) is 44.7 Å². The van der Waals surface area contributed by atoms with Crippen LogP contribution >= 0.6 is 0 Å². The maximum absolute atomic E-state index is 11.1. The van der Waals surface area contributed by atoms with Crippen LogP contribution in [-0.2, 0) is 14.2 Å².